The van der Waals surface area contributed by atoms with Crippen molar-refractivity contribution < 1.29 is 9.53 Å². The van der Waals surface area contributed by atoms with Gasteiger partial charge in [0, 0.05) is 0 Å². The number of unbranched alkanes of at least 4 members (excludes halogenated alkanes) is 3. The summed E-state index contributed by atoms with van der Waals surface area (Å²) in [7, 11) is -1.79. The van der Waals surface area contributed by atoms with Gasteiger partial charge in [0.15, 0.2) is 0 Å². The first-order chi connectivity index (χ1) is 17.5. The van der Waals surface area contributed by atoms with Crippen molar-refractivity contribution in [3.05, 3.63) is 57.7 Å². The maximum atomic E-state index is 12.3. The number of aliphatic hydroxyl groups excluding tert-OH is 1. The van der Waals surface area contributed by atoms with Crippen molar-refractivity contribution in [2.24, 2.45) is 0 Å². The predicted octanol–water partition coefficient (Wildman–Crippen LogP) is 10.6. The second-order valence-electron chi connectivity index (χ2n) is 12.6. The monoisotopic (exact) mass is 632 g/mol. The molecule has 0 spiro atoms. The van der Waals surface area contributed by atoms with E-state index in [9.17, 15) is 5.11 Å². The van der Waals surface area contributed by atoms with Gasteiger partial charge in [-0.15, -0.1) is 0 Å². The molecule has 0 aromatic heterocycles. The Morgan fingerprint density at radius 3 is 1.97 bits per heavy atom. The van der Waals surface area contributed by atoms with Gasteiger partial charge in [-0.2, -0.15) is 0 Å². The standard InChI is InChI=1S/C21H29O2Si.3C4H9.Sn/c1-21(2,3)24(4,5)23-16-9-8-15-20(22)19-14-10-12-17-11-6-7-13-18(17)19;3*1-3-4-2;/h6-8,10-14,20,22H,9,16H2,1-5H3;3*1,3-4H2,2H3;. The zero-order valence-corrected chi connectivity index (χ0v) is 29.2. The summed E-state index contributed by atoms with van der Waals surface area (Å²) in [5.74, 6) is 0. The summed E-state index contributed by atoms with van der Waals surface area (Å²) in [6.45, 7) is 19.4. The van der Waals surface area contributed by atoms with Crippen molar-refractivity contribution in [1.29, 1.82) is 0 Å². The third-order valence-electron chi connectivity index (χ3n) is 8.80. The van der Waals surface area contributed by atoms with Crippen LogP contribution in [0.15, 0.2) is 52.1 Å². The van der Waals surface area contributed by atoms with E-state index in [1.807, 2.05) is 0 Å². The van der Waals surface area contributed by atoms with E-state index >= 15 is 0 Å². The van der Waals surface area contributed by atoms with Crippen LogP contribution in [0.5, 0.6) is 0 Å². The van der Waals surface area contributed by atoms with Gasteiger partial charge in [0.1, 0.15) is 0 Å². The minimum atomic E-state index is -2.87. The van der Waals surface area contributed by atoms with E-state index < -0.39 is 32.8 Å². The average Bonchev–Trinajstić information content (AvgIpc) is 2.87. The van der Waals surface area contributed by atoms with Gasteiger partial charge in [0.05, 0.1) is 0 Å². The van der Waals surface area contributed by atoms with Crippen molar-refractivity contribution in [2.75, 3.05) is 6.61 Å². The quantitative estimate of drug-likeness (QED) is 0.148. The molecule has 2 aromatic rings. The molecule has 0 aliphatic rings. The summed E-state index contributed by atoms with van der Waals surface area (Å²) >= 11 is -2.87. The molecule has 2 aromatic carbocycles. The fourth-order valence-electron chi connectivity index (χ4n) is 5.37. The van der Waals surface area contributed by atoms with E-state index in [1.165, 1.54) is 66.2 Å². The van der Waals surface area contributed by atoms with Crippen LogP contribution in [0.1, 0.15) is 98.2 Å². The molecule has 37 heavy (non-hydrogen) atoms. The van der Waals surface area contributed by atoms with Crippen LogP contribution in [0, 0.1) is 0 Å². The molecule has 0 fully saturated rings. The molecule has 2 rings (SSSR count). The fourth-order valence-corrected chi connectivity index (χ4v) is 23.6. The molecule has 1 atom stereocenters. The van der Waals surface area contributed by atoms with Crippen LogP contribution >= 0.6 is 0 Å². The van der Waals surface area contributed by atoms with Gasteiger partial charge in [0.2, 0.25) is 0 Å². The van der Waals surface area contributed by atoms with E-state index in [4.69, 9.17) is 4.43 Å². The zero-order chi connectivity index (χ0) is 27.5. The Hall–Kier alpha value is -0.624. The summed E-state index contributed by atoms with van der Waals surface area (Å²) in [5.41, 5.74) is 1.10. The van der Waals surface area contributed by atoms with Gasteiger partial charge in [0.25, 0.3) is 0 Å². The van der Waals surface area contributed by atoms with Crippen LogP contribution in [-0.4, -0.2) is 38.4 Å². The first-order valence-corrected chi connectivity index (χ1v) is 25.4. The average molecular weight is 632 g/mol. The second kappa shape index (κ2) is 15.2. The van der Waals surface area contributed by atoms with E-state index in [-0.39, 0.29) is 5.04 Å². The van der Waals surface area contributed by atoms with Gasteiger partial charge < -0.3 is 0 Å². The first-order valence-electron chi connectivity index (χ1n) is 15.0. The van der Waals surface area contributed by atoms with Crippen LogP contribution in [0.2, 0.25) is 31.4 Å². The van der Waals surface area contributed by atoms with Gasteiger partial charge in [-0.1, -0.05) is 0 Å². The summed E-state index contributed by atoms with van der Waals surface area (Å²) in [4.78, 5) is 0. The van der Waals surface area contributed by atoms with Gasteiger partial charge in [-0.05, 0) is 0 Å². The molecule has 0 heterocycles. The Labute approximate surface area is 234 Å². The molecule has 2 nitrogen and oxygen atoms in total. The van der Waals surface area contributed by atoms with Gasteiger partial charge in [-0.25, -0.2) is 0 Å². The molecule has 4 heteroatoms. The minimum absolute atomic E-state index is 0.217. The molecule has 1 unspecified atom stereocenters. The molecular weight excluding hydrogens is 575 g/mol. The second-order valence-corrected chi connectivity index (χ2v) is 30.7. The molecule has 0 aliphatic heterocycles. The normalized spacial score (nSPS) is 14.4. The molecular formula is C33H56O2SiSn. The van der Waals surface area contributed by atoms with Crippen LogP contribution in [0.25, 0.3) is 10.8 Å². The van der Waals surface area contributed by atoms with E-state index in [2.05, 4.69) is 103 Å². The number of hydrogen-bond acceptors (Lipinski definition) is 2. The van der Waals surface area contributed by atoms with Crippen LogP contribution in [0.4, 0.5) is 0 Å². The number of fused-ring (bicyclic) bond motifs is 1. The van der Waals surface area contributed by atoms with Crippen molar-refractivity contribution in [1.82, 2.24) is 0 Å². The Morgan fingerprint density at radius 2 is 1.43 bits per heavy atom. The molecule has 0 radical (unpaired) electrons. The van der Waals surface area contributed by atoms with Crippen molar-refractivity contribution in [3.8, 4) is 0 Å². The molecule has 0 aliphatic carbocycles. The van der Waals surface area contributed by atoms with E-state index in [1.54, 1.807) is 0 Å². The van der Waals surface area contributed by atoms with Crippen LogP contribution < -0.4 is 0 Å². The van der Waals surface area contributed by atoms with Gasteiger partial charge >= 0.3 is 235 Å². The summed E-state index contributed by atoms with van der Waals surface area (Å²) in [6, 6.07) is 15.0. The number of benzene rings is 2. The van der Waals surface area contributed by atoms with E-state index in [0.29, 0.717) is 0 Å². The topological polar surface area (TPSA) is 29.5 Å². The summed E-state index contributed by atoms with van der Waals surface area (Å²) in [5, 5.41) is 14.9. The summed E-state index contributed by atoms with van der Waals surface area (Å²) in [6.07, 6.45) is 10.5. The predicted molar refractivity (Wildman–Crippen MR) is 170 cm³/mol. The van der Waals surface area contributed by atoms with Gasteiger partial charge in [-0.3, -0.25) is 0 Å². The number of hydrogen-bond donors (Lipinski definition) is 1. The third kappa shape index (κ3) is 8.94. The molecule has 0 amide bonds. The molecule has 0 saturated carbocycles. The molecule has 1 N–H and O–H groups in total. The Morgan fingerprint density at radius 1 is 0.892 bits per heavy atom. The maximum absolute atomic E-state index is 12.3. The summed E-state index contributed by atoms with van der Waals surface area (Å²) < 4.78 is 12.1. The van der Waals surface area contributed by atoms with Crippen molar-refractivity contribution in [2.45, 2.75) is 124 Å². The zero-order valence-electron chi connectivity index (χ0n) is 25.3. The number of aliphatic hydroxyl groups is 1. The molecule has 0 bridgehead atoms. The van der Waals surface area contributed by atoms with Crippen LogP contribution in [0.3, 0.4) is 0 Å². The van der Waals surface area contributed by atoms with Crippen LogP contribution in [-0.2, 0) is 4.43 Å². The van der Waals surface area contributed by atoms with E-state index in [0.717, 1.165) is 18.6 Å². The molecule has 0 saturated heterocycles. The Balaban J connectivity index is 2.56. The SMILES string of the molecule is CCC[CH2][Sn]([CH2]CCC)([CH2]CCC)/[C](=C/CCO[Si](C)(C)C(C)(C)C)C(O)c1cccc2ccccc12. The first kappa shape index (κ1) is 32.6. The number of rotatable bonds is 16. The fraction of sp³-hybridized carbons (Fsp3) is 0.636. The Bertz CT molecular complexity index is 949. The van der Waals surface area contributed by atoms with Crippen molar-refractivity contribution >= 4 is 37.5 Å². The third-order valence-corrected chi connectivity index (χ3v) is 29.4. The molecule has 208 valence electrons. The Kier molecular flexibility index (Phi) is 13.4. The van der Waals surface area contributed by atoms with Crippen molar-refractivity contribution in [3.63, 3.8) is 0 Å².